The van der Waals surface area contributed by atoms with Crippen LogP contribution in [0.4, 0.5) is 17.6 Å². The second-order valence-electron chi connectivity index (χ2n) is 24.8. The number of aliphatic hydroxyl groups is 4. The Morgan fingerprint density at radius 2 is 1.00 bits per heavy atom. The topological polar surface area (TPSA) is 148 Å². The molecule has 0 aromatic rings. The Morgan fingerprint density at radius 3 is 1.42 bits per heavy atom. The van der Waals surface area contributed by atoms with Crippen LogP contribution < -0.4 is 0 Å². The lowest BCUT2D eigenvalue weighted by atomic mass is 9.43. The molecule has 0 aromatic heterocycles. The van der Waals surface area contributed by atoms with E-state index in [0.29, 0.717) is 87.5 Å². The van der Waals surface area contributed by atoms with Crippen molar-refractivity contribution in [2.75, 3.05) is 26.3 Å². The van der Waals surface area contributed by atoms with Crippen molar-refractivity contribution in [1.29, 1.82) is 0 Å². The van der Waals surface area contributed by atoms with Gasteiger partial charge in [-0.25, -0.2) is 17.6 Å². The molecule has 9 rings (SSSR count). The summed E-state index contributed by atoms with van der Waals surface area (Å²) in [6, 6.07) is 0. The van der Waals surface area contributed by atoms with Gasteiger partial charge in [0.25, 0.3) is 11.8 Å². The quantitative estimate of drug-likeness (QED) is 0.152. The van der Waals surface area contributed by atoms with E-state index in [1.165, 1.54) is 0 Å². The number of carboxylic acids is 1. The second-order valence-corrected chi connectivity index (χ2v) is 24.8. The molecule has 0 radical (unpaired) electrons. The van der Waals surface area contributed by atoms with E-state index in [0.717, 1.165) is 57.8 Å². The summed E-state index contributed by atoms with van der Waals surface area (Å²) in [6.07, 6.45) is 6.71. The summed E-state index contributed by atoms with van der Waals surface area (Å²) in [6.45, 7) is 15.8. The number of hydrogen-bond donors (Lipinski definition) is 5. The largest absolute Gasteiger partial charge is 0.481 e. The number of carbonyl (C=O) groups excluding carboxylic acids is 1. The van der Waals surface area contributed by atoms with Crippen molar-refractivity contribution in [2.24, 2.45) is 92.7 Å². The normalized spacial score (nSPS) is 49.3. The molecular weight excluding hydrogens is 843 g/mol. The lowest BCUT2D eigenvalue weighted by molar-refractivity contribution is -0.236. The summed E-state index contributed by atoms with van der Waals surface area (Å²) in [7, 11) is 0. The zero-order valence-electron chi connectivity index (χ0n) is 40.2. The average Bonchev–Trinajstić information content (AvgIpc) is 3.78. The molecule has 13 heteroatoms. The smallest absolute Gasteiger partial charge is 0.303 e. The number of carboxylic acid groups (broad SMARTS) is 1. The summed E-state index contributed by atoms with van der Waals surface area (Å²) < 4.78 is 63.9. The van der Waals surface area contributed by atoms with Gasteiger partial charge in [0.15, 0.2) is 0 Å². The first kappa shape index (κ1) is 49.9. The number of alkyl halides is 4. The van der Waals surface area contributed by atoms with Gasteiger partial charge in [-0.05, 0) is 183 Å². The van der Waals surface area contributed by atoms with E-state index in [2.05, 4.69) is 27.7 Å². The first-order valence-electron chi connectivity index (χ1n) is 25.9. The lowest BCUT2D eigenvalue weighted by Gasteiger charge is -2.63. The molecule has 8 saturated carbocycles. The van der Waals surface area contributed by atoms with E-state index in [1.807, 2.05) is 18.7 Å². The maximum atomic E-state index is 14.7. The maximum Gasteiger partial charge on any atom is 0.303 e. The molecule has 9 nitrogen and oxygen atoms in total. The molecule has 1 amide bonds. The van der Waals surface area contributed by atoms with Crippen LogP contribution in [0.15, 0.2) is 0 Å². The molecule has 9 fully saturated rings. The second kappa shape index (κ2) is 18.0. The Balaban J connectivity index is 0.000000179. The van der Waals surface area contributed by atoms with Gasteiger partial charge in [0.1, 0.15) is 12.2 Å². The Kier molecular flexibility index (Phi) is 13.8. The van der Waals surface area contributed by atoms with Crippen molar-refractivity contribution in [1.82, 2.24) is 4.90 Å². The minimum atomic E-state index is -3.05. The number of morpholine rings is 1. The van der Waals surface area contributed by atoms with E-state index in [9.17, 15) is 47.6 Å². The number of rotatable bonds is 8. The molecule has 5 N–H and O–H groups in total. The third kappa shape index (κ3) is 8.65. The summed E-state index contributed by atoms with van der Waals surface area (Å²) >= 11 is 0. The van der Waals surface area contributed by atoms with Crippen molar-refractivity contribution in [3.63, 3.8) is 0 Å². The molecule has 0 spiro atoms. The van der Waals surface area contributed by atoms with Gasteiger partial charge >= 0.3 is 5.97 Å². The van der Waals surface area contributed by atoms with E-state index in [-0.39, 0.29) is 84.3 Å². The molecule has 1 saturated heterocycles. The van der Waals surface area contributed by atoms with E-state index >= 15 is 0 Å². The summed E-state index contributed by atoms with van der Waals surface area (Å²) in [5.41, 5.74) is -0.938. The van der Waals surface area contributed by atoms with Crippen LogP contribution in [0.2, 0.25) is 0 Å². The number of amides is 1. The van der Waals surface area contributed by atoms with Crippen LogP contribution in [0.25, 0.3) is 0 Å². The van der Waals surface area contributed by atoms with Gasteiger partial charge in [-0.3, -0.25) is 9.59 Å². The number of carbonyl (C=O) groups is 2. The van der Waals surface area contributed by atoms with Crippen LogP contribution in [0.5, 0.6) is 0 Å². The van der Waals surface area contributed by atoms with Crippen molar-refractivity contribution in [3.8, 4) is 0 Å². The van der Waals surface area contributed by atoms with Gasteiger partial charge in [0.05, 0.1) is 25.4 Å². The minimum Gasteiger partial charge on any atom is -0.481 e. The van der Waals surface area contributed by atoms with E-state index in [1.54, 1.807) is 0 Å². The van der Waals surface area contributed by atoms with Crippen molar-refractivity contribution < 1.29 is 57.4 Å². The Hall–Kier alpha value is -1.54. The fourth-order valence-corrected chi connectivity index (χ4v) is 18.5. The standard InChI is InChI=1S/C28H45F2NO4.C24H38F2O4/c1-17(4-7-24(34)31-10-12-35-13-11-31)19-5-6-20-25-21(8-9-26(19,20)2)27(3)16-28(29,30)23(33)15-18(27)14-22(25)32;1-13(4-7-20(29)30)15-5-6-16-21-17(8-9-22(15,16)2)23(3)12-24(25,26)19(28)11-14(23)10-18(21)27/h17-23,25,32-33H,4-16H2,1-3H3;13-19,21,27-28H,4-12H2,1-3H3,(H,29,30)/t17-,18-,19-,20?,21?,22+,23-,25?,26-,27+;13-,14-,15-,16?,17?,18+,19-,21?,22-,23+/m11/s1. The van der Waals surface area contributed by atoms with Gasteiger partial charge in [-0.15, -0.1) is 0 Å². The molecular formula is C52H83F4NO8. The SMILES string of the molecule is C[C@H](CCC(=O)N1CCOCC1)[C@H]1CCC2C3C(CC[C@@]21C)[C@@]1(C)CC(F)(F)[C@H](O)C[C@H]1C[C@@H]3O.C[C@H](CCC(=O)O)[C@H]1CCC2C3C(CC[C@@]21C)[C@@]1(C)CC(F)(F)[C@H](O)C[C@H]1C[C@@H]3O. The zero-order chi connectivity index (χ0) is 47.2. The monoisotopic (exact) mass is 926 g/mol. The highest BCUT2D eigenvalue weighted by atomic mass is 19.3. The molecule has 0 aromatic carbocycles. The first-order valence-corrected chi connectivity index (χ1v) is 25.9. The van der Waals surface area contributed by atoms with Crippen LogP contribution in [0.3, 0.4) is 0 Å². The number of ether oxygens (including phenoxy) is 1. The number of halogens is 4. The van der Waals surface area contributed by atoms with Gasteiger partial charge in [0.2, 0.25) is 5.91 Å². The molecule has 8 aliphatic carbocycles. The van der Waals surface area contributed by atoms with Crippen LogP contribution >= 0.6 is 0 Å². The predicted molar refractivity (Wildman–Crippen MR) is 238 cm³/mol. The van der Waals surface area contributed by atoms with Crippen LogP contribution in [0.1, 0.15) is 157 Å². The fraction of sp³-hybridized carbons (Fsp3) is 0.962. The van der Waals surface area contributed by atoms with Gasteiger partial charge in [-0.1, -0.05) is 41.5 Å². The Bertz CT molecular complexity index is 1730. The number of nitrogens with zero attached hydrogens (tertiary/aromatic N) is 1. The maximum absolute atomic E-state index is 14.7. The highest BCUT2D eigenvalue weighted by Crippen LogP contribution is 2.71. The van der Waals surface area contributed by atoms with Crippen LogP contribution in [-0.4, -0.2) is 105 Å². The molecule has 372 valence electrons. The number of fused-ring (bicyclic) bond motifs is 10. The molecule has 65 heavy (non-hydrogen) atoms. The van der Waals surface area contributed by atoms with E-state index < -0.39 is 53.1 Å². The molecule has 20 atom stereocenters. The van der Waals surface area contributed by atoms with Gasteiger partial charge < -0.3 is 35.2 Å². The Labute approximate surface area is 385 Å². The van der Waals surface area contributed by atoms with Gasteiger partial charge in [-0.2, -0.15) is 0 Å². The summed E-state index contributed by atoms with van der Waals surface area (Å²) in [5, 5.41) is 51.7. The number of hydrogen-bond acceptors (Lipinski definition) is 7. The third-order valence-corrected chi connectivity index (χ3v) is 21.9. The molecule has 1 heterocycles. The molecule has 1 aliphatic heterocycles. The highest BCUT2D eigenvalue weighted by molar-refractivity contribution is 5.76. The van der Waals surface area contributed by atoms with Crippen molar-refractivity contribution in [3.05, 3.63) is 0 Å². The van der Waals surface area contributed by atoms with E-state index in [4.69, 9.17) is 9.84 Å². The van der Waals surface area contributed by atoms with Crippen molar-refractivity contribution in [2.45, 2.75) is 193 Å². The molecule has 9 aliphatic rings. The third-order valence-electron chi connectivity index (χ3n) is 21.9. The lowest BCUT2D eigenvalue weighted by Crippen LogP contribution is -2.62. The number of aliphatic hydroxyl groups excluding tert-OH is 4. The number of aliphatic carboxylic acids is 1. The highest BCUT2D eigenvalue weighted by Gasteiger charge is 2.68. The summed E-state index contributed by atoms with van der Waals surface area (Å²) in [5.74, 6) is -4.16. The molecule has 6 unspecified atom stereocenters. The zero-order valence-corrected chi connectivity index (χ0v) is 40.2. The van der Waals surface area contributed by atoms with Crippen molar-refractivity contribution >= 4 is 11.9 Å². The van der Waals surface area contributed by atoms with Crippen LogP contribution in [-0.2, 0) is 14.3 Å². The minimum absolute atomic E-state index is 0.0349. The van der Waals surface area contributed by atoms with Crippen LogP contribution in [0, 0.1) is 92.7 Å². The Morgan fingerprint density at radius 1 is 0.600 bits per heavy atom. The first-order chi connectivity index (χ1) is 30.4. The van der Waals surface area contributed by atoms with Gasteiger partial charge in [0, 0.05) is 38.8 Å². The molecule has 0 bridgehead atoms. The summed E-state index contributed by atoms with van der Waals surface area (Å²) in [4.78, 5) is 25.7. The predicted octanol–water partition coefficient (Wildman–Crippen LogP) is 9.22. The fourth-order valence-electron chi connectivity index (χ4n) is 18.5. The average molecular weight is 926 g/mol.